The first-order chi connectivity index (χ1) is 10.7. The second-order valence-corrected chi connectivity index (χ2v) is 7.13. The summed E-state index contributed by atoms with van der Waals surface area (Å²) in [4.78, 5) is 22.9. The molecule has 1 unspecified atom stereocenters. The van der Waals surface area contributed by atoms with Gasteiger partial charge in [0.15, 0.2) is 0 Å². The minimum atomic E-state index is -3.46. The van der Waals surface area contributed by atoms with E-state index in [0.717, 1.165) is 6.42 Å². The van der Waals surface area contributed by atoms with E-state index >= 15 is 0 Å². The van der Waals surface area contributed by atoms with Crippen molar-refractivity contribution in [3.63, 3.8) is 0 Å². The Balaban J connectivity index is 2.59. The average Bonchev–Trinajstić information content (AvgIpc) is 2.46. The highest BCUT2D eigenvalue weighted by atomic mass is 32.2. The molecule has 7 nitrogen and oxygen atoms in total. The zero-order valence-electron chi connectivity index (χ0n) is 13.5. The van der Waals surface area contributed by atoms with Crippen LogP contribution in [0.15, 0.2) is 24.3 Å². The number of nitrogens with one attached hydrogen (secondary N) is 3. The van der Waals surface area contributed by atoms with Crippen molar-refractivity contribution >= 4 is 33.2 Å². The number of hydrogen-bond acceptors (Lipinski definition) is 4. The van der Waals surface area contributed by atoms with E-state index in [9.17, 15) is 18.0 Å². The van der Waals surface area contributed by atoms with Crippen molar-refractivity contribution in [2.24, 2.45) is 0 Å². The summed E-state index contributed by atoms with van der Waals surface area (Å²) in [6.45, 7) is 4.79. The van der Waals surface area contributed by atoms with Gasteiger partial charge in [0.05, 0.1) is 11.8 Å². The fourth-order valence-electron chi connectivity index (χ4n) is 1.81. The molecule has 2 amide bonds. The maximum atomic E-state index is 12.0. The lowest BCUT2D eigenvalue weighted by Gasteiger charge is -2.14. The Hall–Kier alpha value is -1.93. The van der Waals surface area contributed by atoms with Crippen LogP contribution in [0.4, 0.5) is 11.4 Å². The molecule has 0 aliphatic rings. The largest absolute Gasteiger partial charge is 0.326 e. The molecule has 0 heterocycles. The molecule has 3 N–H and O–H groups in total. The molecule has 1 atom stereocenters. The van der Waals surface area contributed by atoms with Gasteiger partial charge in [-0.3, -0.25) is 9.59 Å². The van der Waals surface area contributed by atoms with Gasteiger partial charge in [0.1, 0.15) is 0 Å². The predicted octanol–water partition coefficient (Wildman–Crippen LogP) is 1.69. The number of sulfonamides is 1. The number of unbranched alkanes of at least 4 members (excludes halogenated alkanes) is 1. The Morgan fingerprint density at radius 1 is 1.09 bits per heavy atom. The number of benzene rings is 1. The molecule has 1 aromatic carbocycles. The van der Waals surface area contributed by atoms with E-state index in [2.05, 4.69) is 15.4 Å². The fourth-order valence-corrected chi connectivity index (χ4v) is 3.24. The molecule has 0 spiro atoms. The van der Waals surface area contributed by atoms with E-state index in [1.54, 1.807) is 24.3 Å². The van der Waals surface area contributed by atoms with Crippen molar-refractivity contribution in [1.82, 2.24) is 4.72 Å². The van der Waals surface area contributed by atoms with Gasteiger partial charge in [-0.05, 0) is 37.6 Å². The van der Waals surface area contributed by atoms with Gasteiger partial charge in [-0.1, -0.05) is 13.3 Å². The normalized spacial score (nSPS) is 12.5. The van der Waals surface area contributed by atoms with E-state index in [1.165, 1.54) is 13.8 Å². The zero-order chi connectivity index (χ0) is 17.5. The van der Waals surface area contributed by atoms with E-state index in [4.69, 9.17) is 0 Å². The third-order valence-corrected chi connectivity index (χ3v) is 4.53. The van der Waals surface area contributed by atoms with Gasteiger partial charge < -0.3 is 10.6 Å². The second kappa shape index (κ2) is 8.64. The van der Waals surface area contributed by atoms with Gasteiger partial charge in [-0.15, -0.1) is 0 Å². The Morgan fingerprint density at radius 3 is 2.09 bits per heavy atom. The van der Waals surface area contributed by atoms with Crippen LogP contribution in [-0.2, 0) is 19.6 Å². The van der Waals surface area contributed by atoms with E-state index in [1.807, 2.05) is 6.92 Å². The smallest absolute Gasteiger partial charge is 0.242 e. The highest BCUT2D eigenvalue weighted by Gasteiger charge is 2.19. The van der Waals surface area contributed by atoms with Gasteiger partial charge in [0.25, 0.3) is 0 Å². The maximum absolute atomic E-state index is 12.0. The first-order valence-corrected chi connectivity index (χ1v) is 9.07. The lowest BCUT2D eigenvalue weighted by Crippen LogP contribution is -2.42. The number of carbonyl (C=O) groups excluding carboxylic acids is 2. The highest BCUT2D eigenvalue weighted by molar-refractivity contribution is 7.89. The minimum Gasteiger partial charge on any atom is -0.326 e. The van der Waals surface area contributed by atoms with Crippen LogP contribution in [0.25, 0.3) is 0 Å². The minimum absolute atomic E-state index is 0.00648. The molecule has 0 radical (unpaired) electrons. The third kappa shape index (κ3) is 7.25. The van der Waals surface area contributed by atoms with Crippen LogP contribution in [0, 0.1) is 0 Å². The molecular weight excluding hydrogens is 318 g/mol. The molecule has 128 valence electrons. The highest BCUT2D eigenvalue weighted by Crippen LogP contribution is 2.13. The molecule has 0 aliphatic heterocycles. The number of carbonyl (C=O) groups is 2. The lowest BCUT2D eigenvalue weighted by molar-refractivity contribution is -0.117. The summed E-state index contributed by atoms with van der Waals surface area (Å²) < 4.78 is 25.9. The van der Waals surface area contributed by atoms with Crippen molar-refractivity contribution in [2.45, 2.75) is 39.7 Å². The Kier molecular flexibility index (Phi) is 7.18. The zero-order valence-corrected chi connectivity index (χ0v) is 14.4. The SMILES string of the molecule is CCCCS(=O)(=O)NC(C)C(=O)Nc1ccc(NC(C)=O)cc1. The topological polar surface area (TPSA) is 104 Å². The first kappa shape index (κ1) is 19.1. The summed E-state index contributed by atoms with van der Waals surface area (Å²) in [5, 5.41) is 5.24. The van der Waals surface area contributed by atoms with E-state index in [0.29, 0.717) is 17.8 Å². The molecule has 1 rings (SSSR count). The van der Waals surface area contributed by atoms with Crippen molar-refractivity contribution in [2.75, 3.05) is 16.4 Å². The first-order valence-electron chi connectivity index (χ1n) is 7.42. The van der Waals surface area contributed by atoms with Crippen LogP contribution in [-0.4, -0.2) is 32.0 Å². The second-order valence-electron chi connectivity index (χ2n) is 5.26. The summed E-state index contributed by atoms with van der Waals surface area (Å²) in [5.41, 5.74) is 1.13. The fraction of sp³-hybridized carbons (Fsp3) is 0.467. The molecule has 1 aromatic rings. The maximum Gasteiger partial charge on any atom is 0.242 e. The summed E-state index contributed by atoms with van der Waals surface area (Å²) in [5.74, 6) is -0.624. The molecule has 0 fully saturated rings. The van der Waals surface area contributed by atoms with Crippen LogP contribution in [0.1, 0.15) is 33.6 Å². The molecule has 23 heavy (non-hydrogen) atoms. The monoisotopic (exact) mass is 341 g/mol. The van der Waals surface area contributed by atoms with Crippen LogP contribution in [0.5, 0.6) is 0 Å². The summed E-state index contributed by atoms with van der Waals surface area (Å²) >= 11 is 0. The Bertz CT molecular complexity index is 641. The van der Waals surface area contributed by atoms with Crippen molar-refractivity contribution in [1.29, 1.82) is 0 Å². The molecule has 0 bridgehead atoms. The van der Waals surface area contributed by atoms with E-state index < -0.39 is 22.0 Å². The van der Waals surface area contributed by atoms with Gasteiger partial charge >= 0.3 is 0 Å². The van der Waals surface area contributed by atoms with Gasteiger partial charge in [0, 0.05) is 18.3 Å². The standard InChI is InChI=1S/C15H23N3O4S/c1-4-5-10-23(21,22)18-11(2)15(20)17-14-8-6-13(7-9-14)16-12(3)19/h6-9,11,18H,4-5,10H2,1-3H3,(H,16,19)(H,17,20). The van der Waals surface area contributed by atoms with Crippen LogP contribution in [0.2, 0.25) is 0 Å². The van der Waals surface area contributed by atoms with Gasteiger partial charge in [0.2, 0.25) is 21.8 Å². The Labute approximate surface area is 136 Å². The number of anilines is 2. The number of rotatable bonds is 8. The molecule has 8 heteroatoms. The van der Waals surface area contributed by atoms with E-state index in [-0.39, 0.29) is 11.7 Å². The third-order valence-electron chi connectivity index (χ3n) is 2.99. The molecular formula is C15H23N3O4S. The van der Waals surface area contributed by atoms with Crippen molar-refractivity contribution in [3.05, 3.63) is 24.3 Å². The predicted molar refractivity (Wildman–Crippen MR) is 90.7 cm³/mol. The molecule has 0 saturated carbocycles. The molecule has 0 aromatic heterocycles. The van der Waals surface area contributed by atoms with Gasteiger partial charge in [-0.25, -0.2) is 13.1 Å². The lowest BCUT2D eigenvalue weighted by atomic mass is 10.2. The summed E-state index contributed by atoms with van der Waals surface area (Å²) in [6, 6.07) is 5.68. The van der Waals surface area contributed by atoms with Gasteiger partial charge in [-0.2, -0.15) is 0 Å². The molecule has 0 aliphatic carbocycles. The Morgan fingerprint density at radius 2 is 1.61 bits per heavy atom. The number of amides is 2. The molecule has 0 saturated heterocycles. The van der Waals surface area contributed by atoms with Crippen molar-refractivity contribution in [3.8, 4) is 0 Å². The van der Waals surface area contributed by atoms with Crippen molar-refractivity contribution < 1.29 is 18.0 Å². The van der Waals surface area contributed by atoms with Crippen LogP contribution < -0.4 is 15.4 Å². The average molecular weight is 341 g/mol. The summed E-state index contributed by atoms with van der Waals surface area (Å²) in [6.07, 6.45) is 1.32. The summed E-state index contributed by atoms with van der Waals surface area (Å²) in [7, 11) is -3.46. The number of hydrogen-bond donors (Lipinski definition) is 3. The van der Waals surface area contributed by atoms with Crippen LogP contribution in [0.3, 0.4) is 0 Å². The quantitative estimate of drug-likeness (QED) is 0.669. The van der Waals surface area contributed by atoms with Crippen LogP contribution >= 0.6 is 0 Å².